The zero-order chi connectivity index (χ0) is 14.1. The highest BCUT2D eigenvalue weighted by Gasteiger charge is 2.32. The van der Waals surface area contributed by atoms with E-state index in [1.54, 1.807) is 29.3 Å². The second-order valence-electron chi connectivity index (χ2n) is 4.50. The quantitative estimate of drug-likeness (QED) is 0.906. The maximum Gasteiger partial charge on any atom is 0.321 e. The standard InChI is InChI=1S/C13H13N3O2S2/c1-7-3-2-4-8(15-7)10-5-14-11(20-10)12-16-9(6-19-12)13(17)18/h2-5,9,12,16H,6H2,1H3,(H,17,18). The molecule has 1 aliphatic heterocycles. The Balaban J connectivity index is 1.79. The number of aromatic nitrogens is 2. The number of nitrogens with zero attached hydrogens (tertiary/aromatic N) is 2. The third kappa shape index (κ3) is 2.70. The monoisotopic (exact) mass is 307 g/mol. The van der Waals surface area contributed by atoms with Crippen molar-refractivity contribution in [3.63, 3.8) is 0 Å². The molecule has 1 saturated heterocycles. The van der Waals surface area contributed by atoms with Crippen LogP contribution in [-0.4, -0.2) is 32.8 Å². The highest BCUT2D eigenvalue weighted by molar-refractivity contribution is 7.99. The highest BCUT2D eigenvalue weighted by atomic mass is 32.2. The van der Waals surface area contributed by atoms with Gasteiger partial charge in [0, 0.05) is 17.6 Å². The van der Waals surface area contributed by atoms with E-state index in [1.165, 1.54) is 0 Å². The molecule has 2 aromatic heterocycles. The molecule has 0 spiro atoms. The molecule has 3 rings (SSSR count). The van der Waals surface area contributed by atoms with Crippen molar-refractivity contribution in [2.24, 2.45) is 0 Å². The van der Waals surface area contributed by atoms with Crippen LogP contribution in [0.3, 0.4) is 0 Å². The zero-order valence-electron chi connectivity index (χ0n) is 10.7. The maximum atomic E-state index is 10.9. The maximum absolute atomic E-state index is 10.9. The second-order valence-corrected chi connectivity index (χ2v) is 6.70. The van der Waals surface area contributed by atoms with Gasteiger partial charge in [0.1, 0.15) is 16.4 Å². The fraction of sp³-hybridized carbons (Fsp3) is 0.308. The first-order valence-corrected chi connectivity index (χ1v) is 8.00. The van der Waals surface area contributed by atoms with Crippen molar-refractivity contribution in [3.8, 4) is 10.6 Å². The number of rotatable bonds is 3. The molecule has 1 aliphatic rings. The molecule has 0 saturated carbocycles. The van der Waals surface area contributed by atoms with E-state index in [0.717, 1.165) is 21.3 Å². The van der Waals surface area contributed by atoms with Gasteiger partial charge in [0.15, 0.2) is 0 Å². The summed E-state index contributed by atoms with van der Waals surface area (Å²) in [5.74, 6) is -0.241. The van der Waals surface area contributed by atoms with Gasteiger partial charge in [-0.3, -0.25) is 15.1 Å². The number of hydrogen-bond acceptors (Lipinski definition) is 6. The molecule has 7 heteroatoms. The van der Waals surface area contributed by atoms with E-state index < -0.39 is 12.0 Å². The van der Waals surface area contributed by atoms with E-state index in [-0.39, 0.29) is 5.37 Å². The van der Waals surface area contributed by atoms with Gasteiger partial charge >= 0.3 is 5.97 Å². The molecular formula is C13H13N3O2S2. The molecule has 0 amide bonds. The van der Waals surface area contributed by atoms with Gasteiger partial charge in [-0.05, 0) is 19.1 Å². The summed E-state index contributed by atoms with van der Waals surface area (Å²) < 4.78 is 0. The Morgan fingerprint density at radius 3 is 3.05 bits per heavy atom. The Morgan fingerprint density at radius 1 is 1.50 bits per heavy atom. The largest absolute Gasteiger partial charge is 0.480 e. The van der Waals surface area contributed by atoms with Gasteiger partial charge in [0.25, 0.3) is 0 Å². The van der Waals surface area contributed by atoms with Gasteiger partial charge in [0.05, 0.1) is 10.6 Å². The number of carboxylic acids is 1. The van der Waals surface area contributed by atoms with Crippen LogP contribution >= 0.6 is 23.1 Å². The fourth-order valence-corrected chi connectivity index (χ4v) is 4.23. The number of nitrogens with one attached hydrogen (secondary N) is 1. The fourth-order valence-electron chi connectivity index (χ4n) is 1.96. The van der Waals surface area contributed by atoms with E-state index in [9.17, 15) is 4.79 Å². The van der Waals surface area contributed by atoms with Crippen LogP contribution in [0.5, 0.6) is 0 Å². The predicted molar refractivity (Wildman–Crippen MR) is 79.8 cm³/mol. The molecule has 2 aromatic rings. The third-order valence-corrected chi connectivity index (χ3v) is 5.42. The van der Waals surface area contributed by atoms with Crippen LogP contribution in [0.1, 0.15) is 16.1 Å². The Bertz CT molecular complexity index is 644. The summed E-state index contributed by atoms with van der Waals surface area (Å²) >= 11 is 3.13. The average molecular weight is 307 g/mol. The number of carboxylic acid groups (broad SMARTS) is 1. The van der Waals surface area contributed by atoms with Crippen LogP contribution in [-0.2, 0) is 4.79 Å². The van der Waals surface area contributed by atoms with Crippen LogP contribution in [0.25, 0.3) is 10.6 Å². The molecule has 5 nitrogen and oxygen atoms in total. The number of aryl methyl sites for hydroxylation is 1. The number of aliphatic carboxylic acids is 1. The van der Waals surface area contributed by atoms with Crippen LogP contribution in [0, 0.1) is 6.92 Å². The normalized spacial score (nSPS) is 22.1. The minimum Gasteiger partial charge on any atom is -0.480 e. The van der Waals surface area contributed by atoms with Crippen LogP contribution in [0.2, 0.25) is 0 Å². The number of pyridine rings is 1. The van der Waals surface area contributed by atoms with Crippen molar-refractivity contribution >= 4 is 29.1 Å². The predicted octanol–water partition coefficient (Wildman–Crippen LogP) is 2.30. The first-order chi connectivity index (χ1) is 9.63. The van der Waals surface area contributed by atoms with Crippen LogP contribution in [0.4, 0.5) is 0 Å². The van der Waals surface area contributed by atoms with Gasteiger partial charge in [-0.25, -0.2) is 4.98 Å². The lowest BCUT2D eigenvalue weighted by Gasteiger charge is -2.06. The Morgan fingerprint density at radius 2 is 2.35 bits per heavy atom. The Hall–Kier alpha value is -1.44. The highest BCUT2D eigenvalue weighted by Crippen LogP contribution is 2.37. The van der Waals surface area contributed by atoms with Crippen molar-refractivity contribution in [2.75, 3.05) is 5.75 Å². The Kier molecular flexibility index (Phi) is 3.73. The van der Waals surface area contributed by atoms with Crippen molar-refractivity contribution in [2.45, 2.75) is 18.3 Å². The van der Waals surface area contributed by atoms with E-state index >= 15 is 0 Å². The number of hydrogen-bond donors (Lipinski definition) is 2. The molecule has 104 valence electrons. The van der Waals surface area contributed by atoms with Gasteiger partial charge in [0.2, 0.25) is 0 Å². The number of thiazole rings is 1. The molecule has 20 heavy (non-hydrogen) atoms. The minimum absolute atomic E-state index is 0.0420. The lowest BCUT2D eigenvalue weighted by molar-refractivity contribution is -0.138. The molecule has 3 heterocycles. The molecule has 0 aliphatic carbocycles. The van der Waals surface area contributed by atoms with Crippen LogP contribution < -0.4 is 5.32 Å². The first kappa shape index (κ1) is 13.5. The Labute approximate surface area is 124 Å². The van der Waals surface area contributed by atoms with E-state index in [0.29, 0.717) is 5.75 Å². The smallest absolute Gasteiger partial charge is 0.321 e. The molecule has 2 unspecified atom stereocenters. The van der Waals surface area contributed by atoms with E-state index in [4.69, 9.17) is 5.11 Å². The summed E-state index contributed by atoms with van der Waals surface area (Å²) in [5.41, 5.74) is 1.88. The molecule has 1 fully saturated rings. The minimum atomic E-state index is -0.808. The van der Waals surface area contributed by atoms with Gasteiger partial charge < -0.3 is 5.11 Å². The lowest BCUT2D eigenvalue weighted by atomic mass is 10.3. The van der Waals surface area contributed by atoms with Crippen molar-refractivity contribution < 1.29 is 9.90 Å². The van der Waals surface area contributed by atoms with Crippen LogP contribution in [0.15, 0.2) is 24.4 Å². The summed E-state index contributed by atoms with van der Waals surface area (Å²) in [6.07, 6.45) is 1.80. The molecule has 2 atom stereocenters. The topological polar surface area (TPSA) is 75.1 Å². The summed E-state index contributed by atoms with van der Waals surface area (Å²) in [6, 6.07) is 5.39. The first-order valence-electron chi connectivity index (χ1n) is 6.14. The summed E-state index contributed by atoms with van der Waals surface area (Å²) in [7, 11) is 0. The van der Waals surface area contributed by atoms with E-state index in [1.807, 2.05) is 25.1 Å². The number of thioether (sulfide) groups is 1. The summed E-state index contributed by atoms with van der Waals surface area (Å²) in [5, 5.41) is 12.9. The van der Waals surface area contributed by atoms with Crippen molar-refractivity contribution in [3.05, 3.63) is 35.1 Å². The summed E-state index contributed by atoms with van der Waals surface area (Å²) in [4.78, 5) is 20.8. The SMILES string of the molecule is Cc1cccc(-c2cnc(C3NC(C(=O)O)CS3)s2)n1. The van der Waals surface area contributed by atoms with Crippen molar-refractivity contribution in [1.82, 2.24) is 15.3 Å². The molecular weight excluding hydrogens is 294 g/mol. The average Bonchev–Trinajstić information content (AvgIpc) is 3.08. The molecule has 0 radical (unpaired) electrons. The van der Waals surface area contributed by atoms with Gasteiger partial charge in [-0.15, -0.1) is 23.1 Å². The van der Waals surface area contributed by atoms with Crippen molar-refractivity contribution in [1.29, 1.82) is 0 Å². The van der Waals surface area contributed by atoms with Gasteiger partial charge in [-0.1, -0.05) is 6.07 Å². The van der Waals surface area contributed by atoms with Gasteiger partial charge in [-0.2, -0.15) is 0 Å². The van der Waals surface area contributed by atoms with E-state index in [2.05, 4.69) is 15.3 Å². The number of carbonyl (C=O) groups is 1. The zero-order valence-corrected chi connectivity index (χ0v) is 12.4. The third-order valence-electron chi connectivity index (χ3n) is 2.97. The second kappa shape index (κ2) is 5.51. The lowest BCUT2D eigenvalue weighted by Crippen LogP contribution is -2.33. The summed E-state index contributed by atoms with van der Waals surface area (Å²) in [6.45, 7) is 1.96. The molecule has 2 N–H and O–H groups in total. The molecule has 0 aromatic carbocycles. The molecule has 0 bridgehead atoms.